The molecule has 3 heterocycles. The Hall–Kier alpha value is -1.99. The Labute approximate surface area is 485 Å². The Kier molecular flexibility index (Phi) is 41.0. The third kappa shape index (κ3) is 28.8. The summed E-state index contributed by atoms with van der Waals surface area (Å²) in [6.07, 6.45) is 23.1. The van der Waals surface area contributed by atoms with Gasteiger partial charge in [0.1, 0.15) is 73.2 Å². The molecule has 0 radical (unpaired) electrons. The van der Waals surface area contributed by atoms with Crippen molar-refractivity contribution in [1.29, 1.82) is 0 Å². The molecule has 3 aliphatic heterocycles. The fourth-order valence-corrected chi connectivity index (χ4v) is 10.7. The molecule has 19 heteroatoms. The van der Waals surface area contributed by atoms with E-state index >= 15 is 0 Å². The van der Waals surface area contributed by atoms with E-state index in [0.717, 1.165) is 44.9 Å². The number of hydrogen-bond acceptors (Lipinski definition) is 18. The molecule has 19 nitrogen and oxygen atoms in total. The molecular weight excluding hydrogens is 1050 g/mol. The highest BCUT2D eigenvalue weighted by Crippen LogP contribution is 2.33. The predicted octanol–water partition coefficient (Wildman–Crippen LogP) is 6.49. The summed E-state index contributed by atoms with van der Waals surface area (Å²) < 4.78 is 34.2. The Morgan fingerprint density at radius 1 is 0.432 bits per heavy atom. The standard InChI is InChI=1S/C62H113NO18/c1-3-5-7-9-11-13-14-15-16-17-18-19-20-21-22-23-24-25-26-27-28-29-30-32-33-35-37-39-46(67)45(63-50(68)40-38-36-34-31-12-10-8-6-4-2)44-76-60-56(74)53(71)58(48(42-65)78-60)81-62-57(75)54(72)59(49(43-66)79-62)80-61-55(73)52(70)51(69)47(41-64)77-61/h26-27,30,32,37,39,45-49,51-62,64-67,69-75H,3-25,28-29,31,33-36,38,40-44H2,1-2H3,(H,63,68)/b27-26+,32-30+,39-37+. The summed E-state index contributed by atoms with van der Waals surface area (Å²) in [7, 11) is 0. The molecule has 81 heavy (non-hydrogen) atoms. The zero-order valence-electron chi connectivity index (χ0n) is 49.5. The van der Waals surface area contributed by atoms with Crippen molar-refractivity contribution in [3.05, 3.63) is 36.5 Å². The van der Waals surface area contributed by atoms with Gasteiger partial charge in [0.05, 0.1) is 38.6 Å². The number of carbonyl (C=O) groups excluding carboxylic acids is 1. The third-order valence-corrected chi connectivity index (χ3v) is 15.9. The van der Waals surface area contributed by atoms with Crippen molar-refractivity contribution in [2.75, 3.05) is 26.4 Å². The number of carbonyl (C=O) groups is 1. The Bertz CT molecular complexity index is 1620. The van der Waals surface area contributed by atoms with Gasteiger partial charge in [-0.05, 0) is 44.9 Å². The smallest absolute Gasteiger partial charge is 0.220 e. The first kappa shape index (κ1) is 73.3. The lowest BCUT2D eigenvalue weighted by molar-refractivity contribution is -0.379. The van der Waals surface area contributed by atoms with E-state index in [4.69, 9.17) is 28.4 Å². The highest BCUT2D eigenvalue weighted by Gasteiger charge is 2.53. The van der Waals surface area contributed by atoms with Gasteiger partial charge in [0, 0.05) is 6.42 Å². The lowest BCUT2D eigenvalue weighted by atomic mass is 9.96. The molecule has 17 atom stereocenters. The van der Waals surface area contributed by atoms with Crippen LogP contribution in [0.25, 0.3) is 0 Å². The number of unbranched alkanes of at least 4 members (excludes halogenated alkanes) is 27. The predicted molar refractivity (Wildman–Crippen MR) is 309 cm³/mol. The maximum atomic E-state index is 13.2. The van der Waals surface area contributed by atoms with E-state index in [0.29, 0.717) is 12.8 Å². The first-order valence-corrected chi connectivity index (χ1v) is 31.7. The largest absolute Gasteiger partial charge is 0.394 e. The van der Waals surface area contributed by atoms with E-state index in [2.05, 4.69) is 43.5 Å². The quantitative estimate of drug-likeness (QED) is 0.0229. The summed E-state index contributed by atoms with van der Waals surface area (Å²) in [5.74, 6) is -0.293. The Morgan fingerprint density at radius 2 is 0.790 bits per heavy atom. The van der Waals surface area contributed by atoms with Crippen LogP contribution < -0.4 is 5.32 Å². The number of allylic oxidation sites excluding steroid dienone is 5. The fourth-order valence-electron chi connectivity index (χ4n) is 10.7. The molecule has 3 saturated heterocycles. The van der Waals surface area contributed by atoms with Crippen molar-refractivity contribution in [3.8, 4) is 0 Å². The summed E-state index contributed by atoms with van der Waals surface area (Å²) in [4.78, 5) is 13.2. The van der Waals surface area contributed by atoms with Crippen LogP contribution in [0.4, 0.5) is 0 Å². The van der Waals surface area contributed by atoms with Gasteiger partial charge >= 0.3 is 0 Å². The topological polar surface area (TPSA) is 307 Å². The average Bonchev–Trinajstić information content (AvgIpc) is 3.46. The highest BCUT2D eigenvalue weighted by molar-refractivity contribution is 5.76. The fraction of sp³-hybridized carbons (Fsp3) is 0.887. The highest BCUT2D eigenvalue weighted by atomic mass is 16.8. The van der Waals surface area contributed by atoms with Gasteiger partial charge in [-0.15, -0.1) is 0 Å². The van der Waals surface area contributed by atoms with Crippen molar-refractivity contribution in [2.24, 2.45) is 0 Å². The van der Waals surface area contributed by atoms with Crippen LogP contribution in [-0.4, -0.2) is 193 Å². The van der Waals surface area contributed by atoms with Gasteiger partial charge in [-0.1, -0.05) is 204 Å². The SMILES string of the molecule is CCCCCCCCCCCCCCCCCCC/C=C/CC/C=C/CC/C=C/C(O)C(COC1OC(CO)C(OC2OC(CO)C(OC3OC(CO)C(O)C(O)C3O)C(O)C2O)C(O)C1O)NC(=O)CCCCCCCCCCC. The molecule has 0 aromatic rings. The van der Waals surface area contributed by atoms with Crippen LogP contribution in [-0.2, 0) is 33.2 Å². The molecular formula is C62H113NO18. The van der Waals surface area contributed by atoms with Crippen LogP contribution in [0.3, 0.4) is 0 Å². The molecule has 12 N–H and O–H groups in total. The van der Waals surface area contributed by atoms with E-state index in [-0.39, 0.29) is 18.9 Å². The first-order chi connectivity index (χ1) is 39.3. The van der Waals surface area contributed by atoms with Crippen LogP contribution in [0.15, 0.2) is 36.5 Å². The maximum absolute atomic E-state index is 13.2. The molecule has 0 aromatic heterocycles. The molecule has 0 spiro atoms. The second kappa shape index (κ2) is 45.3. The van der Waals surface area contributed by atoms with Gasteiger partial charge in [0.2, 0.25) is 5.91 Å². The number of nitrogens with one attached hydrogen (secondary N) is 1. The Morgan fingerprint density at radius 3 is 1.23 bits per heavy atom. The van der Waals surface area contributed by atoms with Crippen LogP contribution in [0.2, 0.25) is 0 Å². The zero-order valence-corrected chi connectivity index (χ0v) is 49.5. The van der Waals surface area contributed by atoms with E-state index in [1.54, 1.807) is 6.08 Å². The van der Waals surface area contributed by atoms with E-state index in [9.17, 15) is 61.0 Å². The number of hydrogen-bond donors (Lipinski definition) is 12. The van der Waals surface area contributed by atoms with E-state index < -0.39 is 124 Å². The normalized spacial score (nSPS) is 30.0. The molecule has 1 amide bonds. The van der Waals surface area contributed by atoms with Crippen molar-refractivity contribution < 1.29 is 89.4 Å². The van der Waals surface area contributed by atoms with Gasteiger partial charge in [-0.25, -0.2) is 0 Å². The third-order valence-electron chi connectivity index (χ3n) is 15.9. The maximum Gasteiger partial charge on any atom is 0.220 e. The summed E-state index contributed by atoms with van der Waals surface area (Å²) in [6.45, 7) is 1.67. The number of ether oxygens (including phenoxy) is 6. The minimum atomic E-state index is -1.98. The molecule has 0 aromatic carbocycles. The minimum Gasteiger partial charge on any atom is -0.394 e. The molecule has 0 aliphatic carbocycles. The lowest BCUT2D eigenvalue weighted by Gasteiger charge is -2.48. The number of aliphatic hydroxyl groups is 11. The van der Waals surface area contributed by atoms with Crippen LogP contribution >= 0.6 is 0 Å². The van der Waals surface area contributed by atoms with Crippen molar-refractivity contribution >= 4 is 5.91 Å². The molecule has 3 fully saturated rings. The van der Waals surface area contributed by atoms with Crippen molar-refractivity contribution in [1.82, 2.24) is 5.32 Å². The summed E-state index contributed by atoms with van der Waals surface area (Å²) in [5.41, 5.74) is 0. The molecule has 17 unspecified atom stereocenters. The van der Waals surface area contributed by atoms with Crippen molar-refractivity contribution in [2.45, 2.75) is 324 Å². The zero-order chi connectivity index (χ0) is 59.0. The number of aliphatic hydroxyl groups excluding tert-OH is 11. The Balaban J connectivity index is 1.44. The van der Waals surface area contributed by atoms with Crippen molar-refractivity contribution in [3.63, 3.8) is 0 Å². The lowest BCUT2D eigenvalue weighted by Crippen LogP contribution is -2.66. The number of amides is 1. The van der Waals surface area contributed by atoms with E-state index in [1.165, 1.54) is 141 Å². The van der Waals surface area contributed by atoms with Gasteiger partial charge < -0.3 is 89.9 Å². The van der Waals surface area contributed by atoms with Crippen LogP contribution in [0.1, 0.15) is 219 Å². The molecule has 3 aliphatic rings. The second-order valence-corrected chi connectivity index (χ2v) is 22.9. The number of rotatable bonds is 47. The summed E-state index contributed by atoms with van der Waals surface area (Å²) in [5, 5.41) is 120. The summed E-state index contributed by atoms with van der Waals surface area (Å²) >= 11 is 0. The molecule has 3 rings (SSSR count). The van der Waals surface area contributed by atoms with Crippen LogP contribution in [0.5, 0.6) is 0 Å². The van der Waals surface area contributed by atoms with Gasteiger partial charge in [-0.3, -0.25) is 4.79 Å². The first-order valence-electron chi connectivity index (χ1n) is 31.7. The van der Waals surface area contributed by atoms with Gasteiger partial charge in [-0.2, -0.15) is 0 Å². The van der Waals surface area contributed by atoms with Gasteiger partial charge in [0.15, 0.2) is 18.9 Å². The molecule has 0 saturated carbocycles. The minimum absolute atomic E-state index is 0.233. The monoisotopic (exact) mass is 1160 g/mol. The molecule has 474 valence electrons. The average molecular weight is 1160 g/mol. The molecule has 0 bridgehead atoms. The summed E-state index contributed by atoms with van der Waals surface area (Å²) in [6, 6.07) is -0.992. The van der Waals surface area contributed by atoms with Gasteiger partial charge in [0.25, 0.3) is 0 Å². The van der Waals surface area contributed by atoms with E-state index in [1.807, 2.05) is 6.08 Å². The second-order valence-electron chi connectivity index (χ2n) is 22.9. The van der Waals surface area contributed by atoms with Crippen LogP contribution in [0, 0.1) is 0 Å².